The second-order valence-corrected chi connectivity index (χ2v) is 3.35. The average Bonchev–Trinajstić information content (AvgIpc) is 2.82. The van der Waals surface area contributed by atoms with Crippen LogP contribution in [0, 0.1) is 0 Å². The molecule has 0 aliphatic heterocycles. The van der Waals surface area contributed by atoms with Crippen LogP contribution >= 0.6 is 0 Å². The van der Waals surface area contributed by atoms with Gasteiger partial charge in [0.1, 0.15) is 0 Å². The van der Waals surface area contributed by atoms with E-state index in [0.717, 1.165) is 6.42 Å². The van der Waals surface area contributed by atoms with E-state index in [1.165, 1.54) is 22.3 Å². The molecule has 88 valence electrons. The van der Waals surface area contributed by atoms with E-state index in [1.807, 2.05) is 39.8 Å². The van der Waals surface area contributed by atoms with Gasteiger partial charge >= 0.3 is 0 Å². The summed E-state index contributed by atoms with van der Waals surface area (Å²) < 4.78 is 0. The maximum absolute atomic E-state index is 3.01. The molecule has 0 heteroatoms. The molecule has 0 amide bonds. The molecule has 2 aliphatic rings. The lowest BCUT2D eigenvalue weighted by Crippen LogP contribution is -1.80. The highest BCUT2D eigenvalue weighted by molar-refractivity contribution is 5.85. The van der Waals surface area contributed by atoms with E-state index >= 15 is 0 Å². The van der Waals surface area contributed by atoms with E-state index in [9.17, 15) is 0 Å². The summed E-state index contributed by atoms with van der Waals surface area (Å²) >= 11 is 0. The number of hydrogen-bond acceptors (Lipinski definition) is 0. The fourth-order valence-corrected chi connectivity index (χ4v) is 1.95. The lowest BCUT2D eigenvalue weighted by Gasteiger charge is -1.99. The monoisotopic (exact) mass is 224 g/mol. The molecule has 0 N–H and O–H groups in total. The molecule has 0 saturated heterocycles. The van der Waals surface area contributed by atoms with Gasteiger partial charge in [0.25, 0.3) is 0 Å². The number of allylic oxidation sites excluding steroid dienone is 4. The highest BCUT2D eigenvalue weighted by atomic mass is 14.2. The van der Waals surface area contributed by atoms with Crippen molar-refractivity contribution < 1.29 is 0 Å². The third kappa shape index (κ3) is 2.68. The van der Waals surface area contributed by atoms with Gasteiger partial charge in [-0.25, -0.2) is 0 Å². The van der Waals surface area contributed by atoms with Crippen LogP contribution in [0.1, 0.15) is 38.8 Å². The number of benzene rings is 1. The first-order chi connectivity index (χ1) is 8.45. The lowest BCUT2D eigenvalue weighted by atomic mass is 10.0. The summed E-state index contributed by atoms with van der Waals surface area (Å²) in [6, 6.07) is 8.55. The van der Waals surface area contributed by atoms with Crippen LogP contribution in [0.5, 0.6) is 0 Å². The molecule has 0 radical (unpaired) electrons. The molecule has 3 rings (SSSR count). The first kappa shape index (κ1) is 13.3. The van der Waals surface area contributed by atoms with E-state index in [0.29, 0.717) is 0 Å². The van der Waals surface area contributed by atoms with Crippen molar-refractivity contribution in [3.8, 4) is 0 Å². The summed E-state index contributed by atoms with van der Waals surface area (Å²) in [6.45, 7) is 8.00. The molecule has 0 heterocycles. The van der Waals surface area contributed by atoms with Crippen LogP contribution in [-0.4, -0.2) is 0 Å². The van der Waals surface area contributed by atoms with Crippen molar-refractivity contribution in [1.29, 1.82) is 0 Å². The second-order valence-electron chi connectivity index (χ2n) is 3.35. The molecule has 0 spiro atoms. The minimum Gasteiger partial charge on any atom is -0.0699 e. The van der Waals surface area contributed by atoms with Gasteiger partial charge in [-0.05, 0) is 40.8 Å². The van der Waals surface area contributed by atoms with Crippen molar-refractivity contribution in [2.24, 2.45) is 0 Å². The molecule has 2 aliphatic carbocycles. The zero-order chi connectivity index (χ0) is 12.7. The largest absolute Gasteiger partial charge is 0.0699 e. The Morgan fingerprint density at radius 2 is 1.53 bits per heavy atom. The molecule has 0 unspecified atom stereocenters. The Bertz CT molecular complexity index is 503. The highest BCUT2D eigenvalue weighted by Crippen LogP contribution is 2.34. The predicted molar refractivity (Wildman–Crippen MR) is 75.9 cm³/mol. The van der Waals surface area contributed by atoms with E-state index in [2.05, 4.69) is 35.7 Å². The van der Waals surface area contributed by atoms with Gasteiger partial charge in [0.05, 0.1) is 0 Å². The van der Waals surface area contributed by atoms with Crippen LogP contribution in [0.25, 0.3) is 5.57 Å². The summed E-state index contributed by atoms with van der Waals surface area (Å²) in [5.41, 5.74) is 11.5. The Kier molecular flexibility index (Phi) is 5.30. The number of rotatable bonds is 0. The van der Waals surface area contributed by atoms with E-state index < -0.39 is 0 Å². The van der Waals surface area contributed by atoms with Crippen LogP contribution in [0.2, 0.25) is 0 Å². The standard InChI is InChI=1S/C13H8.2C2H6/c1-3-7-12-10(5-1)9-11-6-2-4-8-13(11)12;2*1-2/h1,3,5-8H,9H2;2*1-2H3. The Labute approximate surface area is 105 Å². The van der Waals surface area contributed by atoms with Crippen LogP contribution in [-0.2, 0) is 6.42 Å². The molecule has 0 fully saturated rings. The fraction of sp³-hybridized carbons (Fsp3) is 0.294. The van der Waals surface area contributed by atoms with E-state index in [1.54, 1.807) is 0 Å². The third-order valence-electron chi connectivity index (χ3n) is 2.58. The summed E-state index contributed by atoms with van der Waals surface area (Å²) in [7, 11) is 0. The van der Waals surface area contributed by atoms with Gasteiger partial charge in [-0.3, -0.25) is 0 Å². The molecule has 0 bridgehead atoms. The van der Waals surface area contributed by atoms with Gasteiger partial charge in [-0.1, -0.05) is 63.4 Å². The van der Waals surface area contributed by atoms with E-state index in [-0.39, 0.29) is 0 Å². The first-order valence-electron chi connectivity index (χ1n) is 6.44. The Hall–Kier alpha value is -1.74. The molecular formula is C17H20. The predicted octanol–water partition coefficient (Wildman–Crippen LogP) is 4.93. The second kappa shape index (κ2) is 6.76. The minimum atomic E-state index is 1.05. The number of fused-ring (bicyclic) bond motifs is 2. The van der Waals surface area contributed by atoms with Gasteiger partial charge in [0.2, 0.25) is 0 Å². The van der Waals surface area contributed by atoms with Crippen molar-refractivity contribution >= 4 is 5.57 Å². The van der Waals surface area contributed by atoms with Crippen LogP contribution < -0.4 is 0 Å². The summed E-state index contributed by atoms with van der Waals surface area (Å²) in [6.07, 6.45) is 5.12. The van der Waals surface area contributed by atoms with Crippen LogP contribution in [0.4, 0.5) is 0 Å². The van der Waals surface area contributed by atoms with Gasteiger partial charge in [-0.15, -0.1) is 0 Å². The smallest absolute Gasteiger partial charge is 0.000685 e. The zero-order valence-electron chi connectivity index (χ0n) is 11.2. The van der Waals surface area contributed by atoms with Crippen molar-refractivity contribution in [3.63, 3.8) is 0 Å². The molecule has 0 nitrogen and oxygen atoms in total. The highest BCUT2D eigenvalue weighted by Gasteiger charge is 2.17. The summed E-state index contributed by atoms with van der Waals surface area (Å²) in [4.78, 5) is 0. The maximum Gasteiger partial charge on any atom is -0.000685 e. The Balaban J connectivity index is 0.000000330. The molecule has 0 atom stereocenters. The quantitative estimate of drug-likeness (QED) is 0.548. The molecule has 1 aromatic carbocycles. The van der Waals surface area contributed by atoms with Gasteiger partial charge < -0.3 is 0 Å². The first-order valence-corrected chi connectivity index (χ1v) is 6.44. The third-order valence-corrected chi connectivity index (χ3v) is 2.58. The van der Waals surface area contributed by atoms with Crippen LogP contribution in [0.15, 0.2) is 53.5 Å². The van der Waals surface area contributed by atoms with Gasteiger partial charge in [0.15, 0.2) is 0 Å². The molecule has 1 aromatic rings. The number of hydrogen-bond donors (Lipinski definition) is 0. The van der Waals surface area contributed by atoms with Crippen molar-refractivity contribution in [1.82, 2.24) is 0 Å². The summed E-state index contributed by atoms with van der Waals surface area (Å²) in [5.74, 6) is 0. The molecule has 17 heavy (non-hydrogen) atoms. The molecule has 0 saturated carbocycles. The van der Waals surface area contributed by atoms with Crippen molar-refractivity contribution in [3.05, 3.63) is 64.6 Å². The Morgan fingerprint density at radius 1 is 0.882 bits per heavy atom. The van der Waals surface area contributed by atoms with E-state index in [4.69, 9.17) is 0 Å². The average molecular weight is 224 g/mol. The summed E-state index contributed by atoms with van der Waals surface area (Å²) in [5, 5.41) is 0. The normalized spacial score (nSPS) is 13.2. The fourth-order valence-electron chi connectivity index (χ4n) is 1.95. The molecular weight excluding hydrogens is 204 g/mol. The molecule has 0 aromatic heterocycles. The van der Waals surface area contributed by atoms with Gasteiger partial charge in [-0.2, -0.15) is 0 Å². The zero-order valence-corrected chi connectivity index (χ0v) is 11.2. The maximum atomic E-state index is 3.01. The van der Waals surface area contributed by atoms with Crippen molar-refractivity contribution in [2.45, 2.75) is 34.1 Å². The van der Waals surface area contributed by atoms with Gasteiger partial charge in [0, 0.05) is 0 Å². The minimum absolute atomic E-state index is 1.05. The van der Waals surface area contributed by atoms with Crippen LogP contribution in [0.3, 0.4) is 0 Å². The SMILES string of the molecule is C1=C=CC2=C(C=1)Cc1ccccc12.CC.CC. The Morgan fingerprint density at radius 3 is 2.29 bits per heavy atom. The lowest BCUT2D eigenvalue weighted by molar-refractivity contribution is 1.25. The topological polar surface area (TPSA) is 0 Å². The van der Waals surface area contributed by atoms with Crippen molar-refractivity contribution in [2.75, 3.05) is 0 Å².